The number of hydrogen-bond acceptors (Lipinski definition) is 8. The predicted octanol–water partition coefficient (Wildman–Crippen LogP) is 2.72. The van der Waals surface area contributed by atoms with Crippen LogP contribution in [0.3, 0.4) is 0 Å². The number of methoxy groups -OCH3 is 1. The van der Waals surface area contributed by atoms with Crippen LogP contribution in [0.15, 0.2) is 36.7 Å². The van der Waals surface area contributed by atoms with Gasteiger partial charge in [0.05, 0.1) is 19.3 Å². The number of nitrogens with zero attached hydrogens (tertiary/aromatic N) is 4. The molecule has 3 heterocycles. The van der Waals surface area contributed by atoms with E-state index < -0.39 is 5.60 Å². The fourth-order valence-electron chi connectivity index (χ4n) is 4.83. The number of benzene rings is 1. The lowest BCUT2D eigenvalue weighted by Gasteiger charge is -2.39. The van der Waals surface area contributed by atoms with Crippen LogP contribution >= 0.6 is 0 Å². The summed E-state index contributed by atoms with van der Waals surface area (Å²) in [5.74, 6) is 3.04. The average Bonchev–Trinajstić information content (AvgIpc) is 2.86. The highest BCUT2D eigenvalue weighted by Gasteiger charge is 2.33. The number of hydrogen-bond donors (Lipinski definition) is 2. The molecule has 0 bridgehead atoms. The van der Waals surface area contributed by atoms with Crippen molar-refractivity contribution in [2.75, 3.05) is 57.9 Å². The molecule has 0 aliphatic carbocycles. The Balaban J connectivity index is 1.24. The Kier molecular flexibility index (Phi) is 8.59. The van der Waals surface area contributed by atoms with Gasteiger partial charge in [-0.1, -0.05) is 13.0 Å². The molecule has 8 nitrogen and oxygen atoms in total. The van der Waals surface area contributed by atoms with Gasteiger partial charge in [-0.3, -0.25) is 4.90 Å². The molecule has 2 aliphatic rings. The third kappa shape index (κ3) is 6.81. The van der Waals surface area contributed by atoms with E-state index in [9.17, 15) is 5.11 Å². The fraction of sp³-hybridized carbons (Fsp3) is 0.615. The molecule has 1 atom stereocenters. The summed E-state index contributed by atoms with van der Waals surface area (Å²) in [6.45, 7) is 8.80. The van der Waals surface area contributed by atoms with Gasteiger partial charge in [0.15, 0.2) is 11.5 Å². The van der Waals surface area contributed by atoms with Crippen molar-refractivity contribution >= 4 is 5.95 Å². The molecule has 0 spiro atoms. The minimum Gasteiger partial charge on any atom is -0.493 e. The second-order valence-electron chi connectivity index (χ2n) is 9.76. The third-order valence-electron chi connectivity index (χ3n) is 6.94. The first-order valence-corrected chi connectivity index (χ1v) is 12.5. The van der Waals surface area contributed by atoms with Crippen LogP contribution in [0.5, 0.6) is 11.5 Å². The lowest BCUT2D eigenvalue weighted by Crippen LogP contribution is -2.53. The van der Waals surface area contributed by atoms with Crippen molar-refractivity contribution in [3.8, 4) is 11.5 Å². The van der Waals surface area contributed by atoms with E-state index in [1.54, 1.807) is 25.6 Å². The first-order valence-electron chi connectivity index (χ1n) is 12.5. The molecular weight excluding hydrogens is 430 g/mol. The Morgan fingerprint density at radius 3 is 2.71 bits per heavy atom. The molecule has 34 heavy (non-hydrogen) atoms. The van der Waals surface area contributed by atoms with Crippen molar-refractivity contribution in [3.63, 3.8) is 0 Å². The van der Waals surface area contributed by atoms with E-state index in [0.29, 0.717) is 32.2 Å². The summed E-state index contributed by atoms with van der Waals surface area (Å²) in [6, 6.07) is 7.86. The molecule has 2 aliphatic heterocycles. The van der Waals surface area contributed by atoms with Gasteiger partial charge in [0.25, 0.3) is 0 Å². The topological polar surface area (TPSA) is 83.0 Å². The molecule has 4 rings (SSSR count). The monoisotopic (exact) mass is 469 g/mol. The summed E-state index contributed by atoms with van der Waals surface area (Å²) in [6.07, 6.45) is 7.70. The van der Waals surface area contributed by atoms with Gasteiger partial charge in [-0.25, -0.2) is 9.97 Å². The highest BCUT2D eigenvalue weighted by atomic mass is 16.5. The van der Waals surface area contributed by atoms with Crippen LogP contribution in [-0.2, 0) is 6.54 Å². The molecule has 0 saturated carbocycles. The van der Waals surface area contributed by atoms with E-state index >= 15 is 0 Å². The van der Waals surface area contributed by atoms with Crippen LogP contribution in [-0.4, -0.2) is 78.6 Å². The number of piperidine rings is 2. The number of nitrogens with one attached hydrogen (secondary N) is 1. The fourth-order valence-corrected chi connectivity index (χ4v) is 4.83. The zero-order valence-corrected chi connectivity index (χ0v) is 20.6. The largest absolute Gasteiger partial charge is 0.493 e. The molecule has 8 heteroatoms. The molecule has 0 radical (unpaired) electrons. The zero-order chi connectivity index (χ0) is 23.8. The number of ether oxygens (including phenoxy) is 2. The molecule has 1 aromatic carbocycles. The number of anilines is 1. The molecule has 0 unspecified atom stereocenters. The Labute approximate surface area is 203 Å². The van der Waals surface area contributed by atoms with Crippen molar-refractivity contribution in [1.29, 1.82) is 0 Å². The van der Waals surface area contributed by atoms with Crippen LogP contribution in [0.25, 0.3) is 0 Å². The lowest BCUT2D eigenvalue weighted by molar-refractivity contribution is 0.0256. The maximum atomic E-state index is 11.1. The number of aromatic nitrogens is 2. The molecule has 0 amide bonds. The van der Waals surface area contributed by atoms with E-state index in [-0.39, 0.29) is 0 Å². The zero-order valence-electron chi connectivity index (χ0n) is 20.6. The van der Waals surface area contributed by atoms with Gasteiger partial charge in [0.1, 0.15) is 6.61 Å². The first-order chi connectivity index (χ1) is 16.5. The second-order valence-corrected chi connectivity index (χ2v) is 9.76. The maximum Gasteiger partial charge on any atom is 0.225 e. The van der Waals surface area contributed by atoms with Crippen molar-refractivity contribution < 1.29 is 14.6 Å². The normalized spacial score (nSPS) is 22.0. The quantitative estimate of drug-likeness (QED) is 0.550. The maximum absolute atomic E-state index is 11.1. The van der Waals surface area contributed by atoms with Gasteiger partial charge in [-0.05, 0) is 68.5 Å². The van der Waals surface area contributed by atoms with E-state index in [2.05, 4.69) is 38.1 Å². The summed E-state index contributed by atoms with van der Waals surface area (Å²) < 4.78 is 11.6. The highest BCUT2D eigenvalue weighted by molar-refractivity contribution is 5.43. The highest BCUT2D eigenvalue weighted by Crippen LogP contribution is 2.29. The Morgan fingerprint density at radius 2 is 1.94 bits per heavy atom. The molecule has 1 aromatic heterocycles. The first kappa shape index (κ1) is 24.7. The minimum absolute atomic E-state index is 0.505. The van der Waals surface area contributed by atoms with E-state index in [4.69, 9.17) is 9.47 Å². The summed E-state index contributed by atoms with van der Waals surface area (Å²) in [4.78, 5) is 13.2. The van der Waals surface area contributed by atoms with Gasteiger partial charge in [0, 0.05) is 38.6 Å². The van der Waals surface area contributed by atoms with Gasteiger partial charge in [-0.15, -0.1) is 0 Å². The minimum atomic E-state index is -0.809. The summed E-state index contributed by atoms with van der Waals surface area (Å²) in [7, 11) is 1.68. The molecule has 186 valence electrons. The number of likely N-dealkylation sites (tertiary alicyclic amines) is 1. The predicted molar refractivity (Wildman–Crippen MR) is 133 cm³/mol. The molecule has 2 N–H and O–H groups in total. The van der Waals surface area contributed by atoms with Crippen molar-refractivity contribution in [2.24, 2.45) is 5.92 Å². The molecule has 2 aromatic rings. The SMILES string of the molecule is COc1cc(CNC[C@@]2(O)CCCN(c3ncccn3)C2)ccc1OCCN1CCC(C)CC1. The number of β-amino-alcohol motifs (C(OH)–C–C–N with tert-alkyl or cyclic N) is 1. The van der Waals surface area contributed by atoms with Crippen LogP contribution in [0, 0.1) is 5.92 Å². The van der Waals surface area contributed by atoms with Crippen LogP contribution in [0.4, 0.5) is 5.95 Å². The van der Waals surface area contributed by atoms with Gasteiger partial charge in [0.2, 0.25) is 5.95 Å². The number of rotatable bonds is 10. The van der Waals surface area contributed by atoms with Crippen LogP contribution in [0.1, 0.15) is 38.2 Å². The van der Waals surface area contributed by atoms with E-state index in [0.717, 1.165) is 62.0 Å². The Bertz CT molecular complexity index is 891. The van der Waals surface area contributed by atoms with Crippen LogP contribution < -0.4 is 19.7 Å². The lowest BCUT2D eigenvalue weighted by atomic mass is 9.93. The van der Waals surface area contributed by atoms with Crippen LogP contribution in [0.2, 0.25) is 0 Å². The summed E-state index contributed by atoms with van der Waals surface area (Å²) in [5.41, 5.74) is 0.286. The molecule has 2 saturated heterocycles. The van der Waals surface area contributed by atoms with Crippen molar-refractivity contribution in [1.82, 2.24) is 20.2 Å². The molecular formula is C26H39N5O3. The summed E-state index contributed by atoms with van der Waals surface area (Å²) in [5, 5.41) is 14.6. The van der Waals surface area contributed by atoms with Gasteiger partial charge in [-0.2, -0.15) is 0 Å². The summed E-state index contributed by atoms with van der Waals surface area (Å²) >= 11 is 0. The smallest absolute Gasteiger partial charge is 0.225 e. The number of aliphatic hydroxyl groups is 1. The molecule has 2 fully saturated rings. The van der Waals surface area contributed by atoms with Gasteiger partial charge >= 0.3 is 0 Å². The Hall–Kier alpha value is -2.42. The Morgan fingerprint density at radius 1 is 1.15 bits per heavy atom. The standard InChI is InChI=1S/C26H39N5O3/c1-21-7-13-30(14-8-21)15-16-34-23-6-5-22(17-24(23)33-2)18-27-19-26(32)9-3-12-31(20-26)25-28-10-4-11-29-25/h4-6,10-11,17,21,27,32H,3,7-9,12-16,18-20H2,1-2H3/t26-/m0/s1. The second kappa shape index (κ2) is 11.8. The third-order valence-corrected chi connectivity index (χ3v) is 6.94. The van der Waals surface area contributed by atoms with Gasteiger partial charge < -0.3 is 24.8 Å². The average molecular weight is 470 g/mol. The van der Waals surface area contributed by atoms with E-state index in [1.807, 2.05) is 12.1 Å². The van der Waals surface area contributed by atoms with Crippen molar-refractivity contribution in [2.45, 2.75) is 44.8 Å². The van der Waals surface area contributed by atoms with E-state index in [1.165, 1.54) is 12.8 Å². The van der Waals surface area contributed by atoms with Crippen molar-refractivity contribution in [3.05, 3.63) is 42.2 Å².